The van der Waals surface area contributed by atoms with Crippen molar-refractivity contribution in [2.75, 3.05) is 33.0 Å². The van der Waals surface area contributed by atoms with Gasteiger partial charge in [0.2, 0.25) is 0 Å². The molecule has 0 radical (unpaired) electrons. The van der Waals surface area contributed by atoms with Crippen LogP contribution in [0.5, 0.6) is 5.75 Å². The Hall–Kier alpha value is -1.58. The van der Waals surface area contributed by atoms with Gasteiger partial charge in [0.15, 0.2) is 0 Å². The Morgan fingerprint density at radius 1 is 0.696 bits per heavy atom. The molecule has 2 rings (SSSR count). The summed E-state index contributed by atoms with van der Waals surface area (Å²) < 4.78 is 16.9. The Morgan fingerprint density at radius 2 is 1.43 bits per heavy atom. The molecule has 0 saturated carbocycles. The summed E-state index contributed by atoms with van der Waals surface area (Å²) in [5.74, 6) is 0.916. The molecule has 0 fully saturated rings. The zero-order valence-electron chi connectivity index (χ0n) is 14.1. The van der Waals surface area contributed by atoms with Crippen LogP contribution in [0.25, 0.3) is 10.8 Å². The highest BCUT2D eigenvalue weighted by Crippen LogP contribution is 2.24. The largest absolute Gasteiger partial charge is 0.491 e. The quantitative estimate of drug-likeness (QED) is 0.525. The van der Waals surface area contributed by atoms with Crippen molar-refractivity contribution in [3.8, 4) is 5.75 Å². The van der Waals surface area contributed by atoms with Crippen LogP contribution in [0.2, 0.25) is 0 Å². The molecular weight excluding hydrogens is 288 g/mol. The summed E-state index contributed by atoms with van der Waals surface area (Å²) >= 11 is 0. The van der Waals surface area contributed by atoms with Crippen LogP contribution in [0.1, 0.15) is 32.6 Å². The molecule has 0 spiro atoms. The summed E-state index contributed by atoms with van der Waals surface area (Å²) in [6.07, 6.45) is 4.97. The first-order valence-corrected chi connectivity index (χ1v) is 8.68. The van der Waals surface area contributed by atoms with Gasteiger partial charge in [-0.2, -0.15) is 0 Å². The Bertz CT molecular complexity index is 548. The lowest BCUT2D eigenvalue weighted by Crippen LogP contribution is -2.11. The van der Waals surface area contributed by atoms with E-state index in [0.29, 0.717) is 26.4 Å². The van der Waals surface area contributed by atoms with E-state index in [0.717, 1.165) is 24.2 Å². The zero-order valence-corrected chi connectivity index (χ0v) is 14.1. The van der Waals surface area contributed by atoms with Gasteiger partial charge in [-0.1, -0.05) is 62.6 Å². The van der Waals surface area contributed by atoms with Crippen molar-refractivity contribution in [3.63, 3.8) is 0 Å². The van der Waals surface area contributed by atoms with Crippen LogP contribution in [0, 0.1) is 0 Å². The van der Waals surface area contributed by atoms with Gasteiger partial charge in [0.25, 0.3) is 0 Å². The summed E-state index contributed by atoms with van der Waals surface area (Å²) in [5.41, 5.74) is 0. The van der Waals surface area contributed by atoms with Crippen molar-refractivity contribution >= 4 is 10.8 Å². The lowest BCUT2D eigenvalue weighted by Gasteiger charge is -2.10. The van der Waals surface area contributed by atoms with Gasteiger partial charge >= 0.3 is 0 Å². The minimum Gasteiger partial charge on any atom is -0.491 e. The Kier molecular flexibility index (Phi) is 8.52. The van der Waals surface area contributed by atoms with E-state index < -0.39 is 0 Å². The van der Waals surface area contributed by atoms with E-state index in [1.807, 2.05) is 24.3 Å². The fourth-order valence-electron chi connectivity index (χ4n) is 2.48. The molecule has 126 valence electrons. The van der Waals surface area contributed by atoms with Crippen LogP contribution >= 0.6 is 0 Å². The van der Waals surface area contributed by atoms with Gasteiger partial charge in [0, 0.05) is 12.0 Å². The zero-order chi connectivity index (χ0) is 16.2. The smallest absolute Gasteiger partial charge is 0.127 e. The van der Waals surface area contributed by atoms with Gasteiger partial charge in [-0.3, -0.25) is 0 Å². The molecule has 3 nitrogen and oxygen atoms in total. The lowest BCUT2D eigenvalue weighted by molar-refractivity contribution is 0.0354. The van der Waals surface area contributed by atoms with Crippen LogP contribution in [-0.2, 0) is 9.47 Å². The summed E-state index contributed by atoms with van der Waals surface area (Å²) in [6, 6.07) is 14.4. The van der Waals surface area contributed by atoms with Crippen molar-refractivity contribution < 1.29 is 14.2 Å². The Morgan fingerprint density at radius 3 is 2.30 bits per heavy atom. The highest BCUT2D eigenvalue weighted by Gasteiger charge is 2.00. The molecule has 0 bridgehead atoms. The molecular formula is C20H28O3. The first-order valence-electron chi connectivity index (χ1n) is 8.68. The lowest BCUT2D eigenvalue weighted by atomic mass is 10.1. The number of benzene rings is 2. The van der Waals surface area contributed by atoms with Crippen molar-refractivity contribution in [2.24, 2.45) is 0 Å². The second-order valence-corrected chi connectivity index (χ2v) is 5.61. The van der Waals surface area contributed by atoms with E-state index >= 15 is 0 Å². The van der Waals surface area contributed by atoms with Crippen molar-refractivity contribution in [1.29, 1.82) is 0 Å². The predicted molar refractivity (Wildman–Crippen MR) is 95.2 cm³/mol. The molecule has 2 aromatic carbocycles. The van der Waals surface area contributed by atoms with Gasteiger partial charge < -0.3 is 14.2 Å². The number of fused-ring (bicyclic) bond motifs is 1. The molecule has 0 aromatic heterocycles. The van der Waals surface area contributed by atoms with E-state index in [9.17, 15) is 0 Å². The summed E-state index contributed by atoms with van der Waals surface area (Å²) in [7, 11) is 0. The van der Waals surface area contributed by atoms with Gasteiger partial charge in [-0.25, -0.2) is 0 Å². The third kappa shape index (κ3) is 6.59. The highest BCUT2D eigenvalue weighted by atomic mass is 16.5. The number of hydrogen-bond acceptors (Lipinski definition) is 3. The van der Waals surface area contributed by atoms with Crippen LogP contribution in [-0.4, -0.2) is 33.0 Å². The standard InChI is InChI=1S/C20H28O3/c1-2-3-4-7-13-21-14-15-22-16-17-23-20-12-8-10-18-9-5-6-11-19(18)20/h5-6,8-12H,2-4,7,13-17H2,1H3. The molecule has 0 aliphatic carbocycles. The van der Waals surface area contributed by atoms with Crippen molar-refractivity contribution in [3.05, 3.63) is 42.5 Å². The monoisotopic (exact) mass is 316 g/mol. The first-order chi connectivity index (χ1) is 11.4. The second kappa shape index (κ2) is 11.0. The molecule has 0 saturated heterocycles. The normalized spacial score (nSPS) is 11.0. The number of rotatable bonds is 12. The van der Waals surface area contributed by atoms with Crippen LogP contribution < -0.4 is 4.74 Å². The van der Waals surface area contributed by atoms with Gasteiger partial charge in [-0.05, 0) is 17.9 Å². The number of unbranched alkanes of at least 4 members (excludes halogenated alkanes) is 3. The average Bonchev–Trinajstić information content (AvgIpc) is 2.60. The van der Waals surface area contributed by atoms with Gasteiger partial charge in [0.05, 0.1) is 19.8 Å². The molecule has 0 atom stereocenters. The summed E-state index contributed by atoms with van der Waals surface area (Å²) in [5, 5.41) is 2.34. The highest BCUT2D eigenvalue weighted by molar-refractivity contribution is 5.88. The van der Waals surface area contributed by atoms with Crippen LogP contribution in [0.15, 0.2) is 42.5 Å². The summed E-state index contributed by atoms with van der Waals surface area (Å²) in [4.78, 5) is 0. The maximum absolute atomic E-state index is 5.83. The average molecular weight is 316 g/mol. The third-order valence-corrected chi connectivity index (χ3v) is 3.75. The maximum atomic E-state index is 5.83. The van der Waals surface area contributed by atoms with Crippen LogP contribution in [0.3, 0.4) is 0 Å². The molecule has 0 aliphatic heterocycles. The molecule has 2 aromatic rings. The first kappa shape index (κ1) is 17.8. The molecule has 0 heterocycles. The molecule has 0 amide bonds. The third-order valence-electron chi connectivity index (χ3n) is 3.75. The minimum atomic E-state index is 0.560. The fourth-order valence-corrected chi connectivity index (χ4v) is 2.48. The van der Waals surface area contributed by atoms with Gasteiger partial charge in [0.1, 0.15) is 12.4 Å². The Balaban J connectivity index is 1.54. The van der Waals surface area contributed by atoms with Gasteiger partial charge in [-0.15, -0.1) is 0 Å². The van der Waals surface area contributed by atoms with E-state index in [-0.39, 0.29) is 0 Å². The van der Waals surface area contributed by atoms with Crippen LogP contribution in [0.4, 0.5) is 0 Å². The minimum absolute atomic E-state index is 0.560. The number of hydrogen-bond donors (Lipinski definition) is 0. The summed E-state index contributed by atoms with van der Waals surface area (Å²) in [6.45, 7) is 5.50. The Labute approximate surface area is 139 Å². The SMILES string of the molecule is CCCCCCOCCOCCOc1cccc2ccccc12. The van der Waals surface area contributed by atoms with E-state index in [1.54, 1.807) is 0 Å². The second-order valence-electron chi connectivity index (χ2n) is 5.61. The maximum Gasteiger partial charge on any atom is 0.127 e. The topological polar surface area (TPSA) is 27.7 Å². The number of ether oxygens (including phenoxy) is 3. The fraction of sp³-hybridized carbons (Fsp3) is 0.500. The molecule has 0 unspecified atom stereocenters. The predicted octanol–water partition coefficient (Wildman–Crippen LogP) is 4.83. The van der Waals surface area contributed by atoms with E-state index in [1.165, 1.54) is 24.6 Å². The van der Waals surface area contributed by atoms with E-state index in [4.69, 9.17) is 14.2 Å². The van der Waals surface area contributed by atoms with Crippen molar-refractivity contribution in [1.82, 2.24) is 0 Å². The molecule has 3 heteroatoms. The van der Waals surface area contributed by atoms with Crippen molar-refractivity contribution in [2.45, 2.75) is 32.6 Å². The molecule has 0 N–H and O–H groups in total. The van der Waals surface area contributed by atoms with E-state index in [2.05, 4.69) is 25.1 Å². The molecule has 23 heavy (non-hydrogen) atoms. The molecule has 0 aliphatic rings.